The van der Waals surface area contributed by atoms with Gasteiger partial charge in [-0.2, -0.15) is 0 Å². The summed E-state index contributed by atoms with van der Waals surface area (Å²) in [6.45, 7) is 6.94. The summed E-state index contributed by atoms with van der Waals surface area (Å²) in [4.78, 5) is 0. The van der Waals surface area contributed by atoms with Crippen molar-refractivity contribution < 1.29 is 0 Å². The highest BCUT2D eigenvalue weighted by Gasteiger charge is 2.11. The van der Waals surface area contributed by atoms with Crippen molar-refractivity contribution in [2.45, 2.75) is 30.6 Å². The summed E-state index contributed by atoms with van der Waals surface area (Å²) < 4.78 is 2.01. The minimum atomic E-state index is 0.797. The molecule has 0 amide bonds. The molecule has 0 saturated heterocycles. The lowest BCUT2D eigenvalue weighted by Gasteiger charge is -2.17. The van der Waals surface area contributed by atoms with Gasteiger partial charge in [0.05, 0.1) is 0 Å². The third kappa shape index (κ3) is 6.88. The van der Waals surface area contributed by atoms with E-state index in [0.717, 1.165) is 16.4 Å². The molecule has 0 rings (SSSR count). The molecular formula is C9H19I2N. The van der Waals surface area contributed by atoms with E-state index in [0.29, 0.717) is 0 Å². The van der Waals surface area contributed by atoms with Crippen molar-refractivity contribution in [1.29, 1.82) is 0 Å². The zero-order chi connectivity index (χ0) is 9.40. The van der Waals surface area contributed by atoms with Crippen molar-refractivity contribution in [3.05, 3.63) is 0 Å². The smallest absolute Gasteiger partial charge is 0.0260 e. The van der Waals surface area contributed by atoms with Crippen LogP contribution < -0.4 is 5.32 Å². The first-order valence-corrected chi connectivity index (χ1v) is 7.40. The van der Waals surface area contributed by atoms with E-state index in [-0.39, 0.29) is 0 Å². The zero-order valence-electron chi connectivity index (χ0n) is 7.95. The fourth-order valence-corrected chi connectivity index (χ4v) is 2.20. The normalized spacial score (nSPS) is 16.0. The van der Waals surface area contributed by atoms with Gasteiger partial charge in [-0.1, -0.05) is 65.5 Å². The van der Waals surface area contributed by atoms with E-state index in [1.807, 2.05) is 0 Å². The van der Waals surface area contributed by atoms with Gasteiger partial charge in [-0.15, -0.1) is 0 Å². The molecule has 0 bridgehead atoms. The van der Waals surface area contributed by atoms with Gasteiger partial charge in [-0.05, 0) is 12.3 Å². The summed E-state index contributed by atoms with van der Waals surface area (Å²) in [5.74, 6) is 0.859. The summed E-state index contributed by atoms with van der Waals surface area (Å²) in [7, 11) is 0. The molecule has 0 radical (unpaired) electrons. The molecule has 0 aromatic carbocycles. The molecule has 0 heterocycles. The van der Waals surface area contributed by atoms with Crippen molar-refractivity contribution in [2.24, 2.45) is 5.92 Å². The second-order valence-corrected chi connectivity index (χ2v) is 5.85. The Morgan fingerprint density at radius 1 is 1.42 bits per heavy atom. The molecule has 0 fully saturated rings. The van der Waals surface area contributed by atoms with Gasteiger partial charge in [-0.3, -0.25) is 0 Å². The predicted octanol–water partition coefficient (Wildman–Crippen LogP) is 3.25. The fraction of sp³-hybridized carbons (Fsp3) is 1.00. The van der Waals surface area contributed by atoms with Gasteiger partial charge in [0.25, 0.3) is 0 Å². The monoisotopic (exact) mass is 395 g/mol. The Balaban J connectivity index is 3.35. The molecular weight excluding hydrogens is 376 g/mol. The van der Waals surface area contributed by atoms with Crippen LogP contribution in [0.5, 0.6) is 0 Å². The molecule has 0 saturated carbocycles. The summed E-state index contributed by atoms with van der Waals surface area (Å²) in [6.07, 6.45) is 2.67. The van der Waals surface area contributed by atoms with Crippen LogP contribution in [0, 0.1) is 5.92 Å². The third-order valence-electron chi connectivity index (χ3n) is 1.97. The SMILES string of the molecule is CCCC(C)[C@H](I)CNCCI. The topological polar surface area (TPSA) is 12.0 Å². The van der Waals surface area contributed by atoms with Crippen LogP contribution in [0.3, 0.4) is 0 Å². The van der Waals surface area contributed by atoms with Crippen molar-refractivity contribution in [3.8, 4) is 0 Å². The van der Waals surface area contributed by atoms with Gasteiger partial charge < -0.3 is 5.32 Å². The molecule has 0 aliphatic heterocycles. The van der Waals surface area contributed by atoms with Crippen LogP contribution in [0.4, 0.5) is 0 Å². The molecule has 0 aromatic heterocycles. The largest absolute Gasteiger partial charge is 0.315 e. The average molecular weight is 395 g/mol. The summed E-state index contributed by atoms with van der Waals surface area (Å²) in [5.41, 5.74) is 0. The van der Waals surface area contributed by atoms with E-state index >= 15 is 0 Å². The van der Waals surface area contributed by atoms with Crippen molar-refractivity contribution >= 4 is 45.2 Å². The highest BCUT2D eigenvalue weighted by atomic mass is 127. The van der Waals surface area contributed by atoms with Gasteiger partial charge in [0.1, 0.15) is 0 Å². The van der Waals surface area contributed by atoms with E-state index in [4.69, 9.17) is 0 Å². The number of nitrogens with one attached hydrogen (secondary N) is 1. The second kappa shape index (κ2) is 8.99. The fourth-order valence-electron chi connectivity index (χ4n) is 1.14. The summed E-state index contributed by atoms with van der Waals surface area (Å²) in [6, 6.07) is 0. The van der Waals surface area contributed by atoms with Crippen LogP contribution in [0.2, 0.25) is 0 Å². The third-order valence-corrected chi connectivity index (χ3v) is 4.18. The zero-order valence-corrected chi connectivity index (χ0v) is 12.3. The Morgan fingerprint density at radius 2 is 2.08 bits per heavy atom. The molecule has 3 heteroatoms. The average Bonchev–Trinajstić information content (AvgIpc) is 2.05. The van der Waals surface area contributed by atoms with Crippen LogP contribution in [0.1, 0.15) is 26.7 Å². The van der Waals surface area contributed by atoms with E-state index in [1.54, 1.807) is 0 Å². The predicted molar refractivity (Wildman–Crippen MR) is 73.6 cm³/mol. The van der Waals surface area contributed by atoms with Gasteiger partial charge >= 0.3 is 0 Å². The van der Waals surface area contributed by atoms with Crippen molar-refractivity contribution in [1.82, 2.24) is 5.32 Å². The number of hydrogen-bond donors (Lipinski definition) is 1. The number of hydrogen-bond acceptors (Lipinski definition) is 1. The van der Waals surface area contributed by atoms with Crippen LogP contribution in [-0.4, -0.2) is 21.4 Å². The quantitative estimate of drug-likeness (QED) is 0.397. The maximum atomic E-state index is 3.46. The number of rotatable bonds is 7. The highest BCUT2D eigenvalue weighted by Crippen LogP contribution is 2.17. The van der Waals surface area contributed by atoms with Crippen molar-refractivity contribution in [2.75, 3.05) is 17.5 Å². The van der Waals surface area contributed by atoms with Gasteiger partial charge in [0.2, 0.25) is 0 Å². The lowest BCUT2D eigenvalue weighted by Crippen LogP contribution is -2.28. The first-order valence-electron chi connectivity index (χ1n) is 4.63. The van der Waals surface area contributed by atoms with Crippen LogP contribution >= 0.6 is 45.2 Å². The van der Waals surface area contributed by atoms with Crippen LogP contribution in [0.25, 0.3) is 0 Å². The first kappa shape index (κ1) is 13.4. The molecule has 0 aliphatic carbocycles. The maximum Gasteiger partial charge on any atom is 0.0260 e. The number of halogens is 2. The van der Waals surface area contributed by atoms with Crippen molar-refractivity contribution in [3.63, 3.8) is 0 Å². The molecule has 0 aromatic rings. The molecule has 1 unspecified atom stereocenters. The molecule has 12 heavy (non-hydrogen) atoms. The number of alkyl halides is 2. The first-order chi connectivity index (χ1) is 5.72. The van der Waals surface area contributed by atoms with Gasteiger partial charge in [-0.25, -0.2) is 0 Å². The van der Waals surface area contributed by atoms with E-state index < -0.39 is 0 Å². The standard InChI is InChI=1S/C9H19I2N/c1-3-4-8(2)9(11)7-12-6-5-10/h8-9,12H,3-7H2,1-2H3/t8?,9-/m1/s1. The Morgan fingerprint density at radius 3 is 2.58 bits per heavy atom. The molecule has 1 nitrogen and oxygen atoms in total. The Labute approximate surface area is 104 Å². The summed E-state index contributed by atoms with van der Waals surface area (Å²) >= 11 is 4.97. The van der Waals surface area contributed by atoms with Crippen LogP contribution in [-0.2, 0) is 0 Å². The molecule has 1 N–H and O–H groups in total. The Bertz CT molecular complexity index is 98.5. The lowest BCUT2D eigenvalue weighted by atomic mass is 10.0. The molecule has 0 spiro atoms. The highest BCUT2D eigenvalue weighted by molar-refractivity contribution is 14.1. The minimum absolute atomic E-state index is 0.797. The van der Waals surface area contributed by atoms with Crippen LogP contribution in [0.15, 0.2) is 0 Å². The van der Waals surface area contributed by atoms with Gasteiger partial charge in [0.15, 0.2) is 0 Å². The maximum absolute atomic E-state index is 3.46. The second-order valence-electron chi connectivity index (χ2n) is 3.18. The molecule has 2 atom stereocenters. The Hall–Kier alpha value is 1.42. The summed E-state index contributed by atoms with van der Waals surface area (Å²) in [5, 5.41) is 3.46. The van der Waals surface area contributed by atoms with E-state index in [9.17, 15) is 0 Å². The molecule has 0 aliphatic rings. The Kier molecular flexibility index (Phi) is 10.1. The van der Waals surface area contributed by atoms with E-state index in [2.05, 4.69) is 64.3 Å². The lowest BCUT2D eigenvalue weighted by molar-refractivity contribution is 0.495. The van der Waals surface area contributed by atoms with Gasteiger partial charge in [0, 0.05) is 21.4 Å². The van der Waals surface area contributed by atoms with E-state index in [1.165, 1.54) is 23.8 Å². The minimum Gasteiger partial charge on any atom is -0.315 e. The molecule has 74 valence electrons.